The lowest BCUT2D eigenvalue weighted by atomic mass is 10.0. The fraction of sp³-hybridized carbons (Fsp3) is 0.273. The second-order valence-electron chi connectivity index (χ2n) is 3.69. The van der Waals surface area contributed by atoms with Gasteiger partial charge in [0.25, 0.3) is 0 Å². The number of hydrogen-bond donors (Lipinski definition) is 3. The summed E-state index contributed by atoms with van der Waals surface area (Å²) in [5.41, 5.74) is 1.63. The van der Waals surface area contributed by atoms with Crippen LogP contribution in [-0.2, 0) is 9.53 Å². The molecule has 90 valence electrons. The van der Waals surface area contributed by atoms with Crippen LogP contribution in [0, 0.1) is 0 Å². The molecule has 3 N–H and O–H groups in total. The summed E-state index contributed by atoms with van der Waals surface area (Å²) in [4.78, 5) is 26.1. The van der Waals surface area contributed by atoms with Gasteiger partial charge in [0.05, 0.1) is 12.7 Å². The third-order valence-corrected chi connectivity index (χ3v) is 2.61. The number of esters is 1. The molecule has 1 atom stereocenters. The zero-order valence-electron chi connectivity index (χ0n) is 9.53. The first-order chi connectivity index (χ1) is 8.13. The first kappa shape index (κ1) is 11.3. The first-order valence-corrected chi connectivity index (χ1v) is 5.13. The van der Waals surface area contributed by atoms with Gasteiger partial charge in [-0.3, -0.25) is 0 Å². The van der Waals surface area contributed by atoms with Crippen molar-refractivity contribution in [3.8, 4) is 0 Å². The van der Waals surface area contributed by atoms with Gasteiger partial charge in [0, 0.05) is 17.6 Å². The van der Waals surface area contributed by atoms with Gasteiger partial charge in [0.15, 0.2) is 0 Å². The van der Waals surface area contributed by atoms with Crippen LogP contribution in [0.4, 0.5) is 4.79 Å². The highest BCUT2D eigenvalue weighted by molar-refractivity contribution is 5.94. The molecule has 1 aliphatic heterocycles. The van der Waals surface area contributed by atoms with Crippen molar-refractivity contribution < 1.29 is 14.3 Å². The summed E-state index contributed by atoms with van der Waals surface area (Å²) in [6.45, 7) is 1.67. The number of urea groups is 1. The summed E-state index contributed by atoms with van der Waals surface area (Å²) in [6.07, 6.45) is 1.73. The Kier molecular flexibility index (Phi) is 2.86. The molecule has 1 aromatic heterocycles. The van der Waals surface area contributed by atoms with E-state index in [1.165, 1.54) is 7.11 Å². The van der Waals surface area contributed by atoms with Crippen LogP contribution in [0.2, 0.25) is 0 Å². The molecule has 0 radical (unpaired) electrons. The molecule has 0 aromatic carbocycles. The summed E-state index contributed by atoms with van der Waals surface area (Å²) < 4.78 is 4.72. The van der Waals surface area contributed by atoms with Gasteiger partial charge in [0.1, 0.15) is 6.04 Å². The highest BCUT2D eigenvalue weighted by Gasteiger charge is 2.32. The van der Waals surface area contributed by atoms with Gasteiger partial charge in [-0.25, -0.2) is 9.59 Å². The molecule has 2 amide bonds. The molecule has 1 unspecified atom stereocenters. The number of carbonyl (C=O) groups excluding carboxylic acids is 2. The van der Waals surface area contributed by atoms with Gasteiger partial charge in [0.2, 0.25) is 0 Å². The van der Waals surface area contributed by atoms with Crippen LogP contribution in [0.25, 0.3) is 0 Å². The minimum atomic E-state index is -0.508. The quantitative estimate of drug-likeness (QED) is 0.663. The Balaban J connectivity index is 2.44. The average molecular weight is 235 g/mol. The van der Waals surface area contributed by atoms with Crippen LogP contribution >= 0.6 is 0 Å². The van der Waals surface area contributed by atoms with Crippen LogP contribution in [0.15, 0.2) is 29.6 Å². The molecular formula is C11H13N3O3. The van der Waals surface area contributed by atoms with Gasteiger partial charge in [-0.1, -0.05) is 0 Å². The van der Waals surface area contributed by atoms with Gasteiger partial charge < -0.3 is 20.4 Å². The Bertz CT molecular complexity index is 476. The second-order valence-corrected chi connectivity index (χ2v) is 3.69. The maximum Gasteiger partial charge on any atom is 0.338 e. The first-order valence-electron chi connectivity index (χ1n) is 5.13. The molecular weight excluding hydrogens is 222 g/mol. The lowest BCUT2D eigenvalue weighted by Gasteiger charge is -2.26. The van der Waals surface area contributed by atoms with E-state index in [0.29, 0.717) is 11.3 Å². The smallest absolute Gasteiger partial charge is 0.338 e. The maximum absolute atomic E-state index is 11.7. The van der Waals surface area contributed by atoms with E-state index in [9.17, 15) is 9.59 Å². The molecule has 2 rings (SSSR count). The van der Waals surface area contributed by atoms with Gasteiger partial charge in [-0.05, 0) is 19.1 Å². The summed E-state index contributed by atoms with van der Waals surface area (Å²) in [5, 5.41) is 5.23. The Labute approximate surface area is 98.0 Å². The highest BCUT2D eigenvalue weighted by atomic mass is 16.5. The van der Waals surface area contributed by atoms with Crippen molar-refractivity contribution in [2.45, 2.75) is 13.0 Å². The van der Waals surface area contributed by atoms with E-state index in [1.54, 1.807) is 25.3 Å². The van der Waals surface area contributed by atoms with E-state index < -0.39 is 12.0 Å². The minimum absolute atomic E-state index is 0.338. The van der Waals surface area contributed by atoms with Crippen molar-refractivity contribution in [3.63, 3.8) is 0 Å². The number of hydrogen-bond acceptors (Lipinski definition) is 3. The maximum atomic E-state index is 11.7. The molecule has 6 heteroatoms. The molecule has 0 saturated carbocycles. The standard InChI is InChI=1S/C11H13N3O3/c1-6-8(10(15)17-2)9(14-11(16)13-6)7-4-3-5-12-7/h3-5,9,12H,1-2H3,(H2,13,14,16). The zero-order valence-corrected chi connectivity index (χ0v) is 9.53. The SMILES string of the molecule is COC(=O)C1=C(C)NC(=O)NC1c1ccc[nH]1. The Morgan fingerprint density at radius 3 is 2.82 bits per heavy atom. The predicted molar refractivity (Wildman–Crippen MR) is 59.9 cm³/mol. The van der Waals surface area contributed by atoms with Crippen LogP contribution in [0.3, 0.4) is 0 Å². The normalized spacial score (nSPS) is 19.6. The molecule has 0 aliphatic carbocycles. The van der Waals surface area contributed by atoms with Crippen molar-refractivity contribution >= 4 is 12.0 Å². The highest BCUT2D eigenvalue weighted by Crippen LogP contribution is 2.25. The number of aromatic amines is 1. The fourth-order valence-corrected chi connectivity index (χ4v) is 1.83. The molecule has 0 bridgehead atoms. The number of ether oxygens (including phenoxy) is 1. The summed E-state index contributed by atoms with van der Waals surface area (Å²) in [6, 6.07) is 2.75. The molecule has 1 aromatic rings. The lowest BCUT2D eigenvalue weighted by molar-refractivity contribution is -0.136. The third-order valence-electron chi connectivity index (χ3n) is 2.61. The number of aromatic nitrogens is 1. The number of nitrogens with one attached hydrogen (secondary N) is 3. The molecule has 0 fully saturated rings. The van der Waals surface area contributed by atoms with E-state index in [2.05, 4.69) is 15.6 Å². The largest absolute Gasteiger partial charge is 0.466 e. The third kappa shape index (κ3) is 2.01. The van der Waals surface area contributed by atoms with Crippen molar-refractivity contribution in [3.05, 3.63) is 35.3 Å². The molecule has 2 heterocycles. The van der Waals surface area contributed by atoms with E-state index >= 15 is 0 Å². The summed E-state index contributed by atoms with van der Waals surface area (Å²) in [5.74, 6) is -0.463. The van der Waals surface area contributed by atoms with Gasteiger partial charge in [-0.15, -0.1) is 0 Å². The van der Waals surface area contributed by atoms with Crippen LogP contribution < -0.4 is 10.6 Å². The van der Waals surface area contributed by atoms with Crippen LogP contribution in [0.5, 0.6) is 0 Å². The Morgan fingerprint density at radius 1 is 1.47 bits per heavy atom. The van der Waals surface area contributed by atoms with Crippen molar-refractivity contribution in [1.82, 2.24) is 15.6 Å². The van der Waals surface area contributed by atoms with Crippen molar-refractivity contribution in [2.75, 3.05) is 7.11 Å². The van der Waals surface area contributed by atoms with E-state index in [4.69, 9.17) is 4.74 Å². The number of rotatable bonds is 2. The molecule has 1 aliphatic rings. The van der Waals surface area contributed by atoms with Crippen LogP contribution in [0.1, 0.15) is 18.7 Å². The zero-order chi connectivity index (χ0) is 12.4. The van der Waals surface area contributed by atoms with E-state index in [0.717, 1.165) is 5.69 Å². The topological polar surface area (TPSA) is 83.2 Å². The molecule has 0 saturated heterocycles. The lowest BCUT2D eigenvalue weighted by Crippen LogP contribution is -2.45. The Hall–Kier alpha value is -2.24. The number of H-pyrrole nitrogens is 1. The average Bonchev–Trinajstić information content (AvgIpc) is 2.80. The number of methoxy groups -OCH3 is 1. The summed E-state index contributed by atoms with van der Waals surface area (Å²) in [7, 11) is 1.31. The molecule has 6 nitrogen and oxygen atoms in total. The Morgan fingerprint density at radius 2 is 2.24 bits per heavy atom. The molecule has 0 spiro atoms. The predicted octanol–water partition coefficient (Wildman–Crippen LogP) is 0.816. The van der Waals surface area contributed by atoms with Crippen molar-refractivity contribution in [2.24, 2.45) is 0 Å². The van der Waals surface area contributed by atoms with Gasteiger partial charge >= 0.3 is 12.0 Å². The van der Waals surface area contributed by atoms with Gasteiger partial charge in [-0.2, -0.15) is 0 Å². The van der Waals surface area contributed by atoms with E-state index in [-0.39, 0.29) is 6.03 Å². The minimum Gasteiger partial charge on any atom is -0.466 e. The number of amides is 2. The van der Waals surface area contributed by atoms with E-state index in [1.807, 2.05) is 0 Å². The summed E-state index contributed by atoms with van der Waals surface area (Å²) >= 11 is 0. The monoisotopic (exact) mass is 235 g/mol. The fourth-order valence-electron chi connectivity index (χ4n) is 1.83. The van der Waals surface area contributed by atoms with Crippen molar-refractivity contribution in [1.29, 1.82) is 0 Å². The number of carbonyl (C=O) groups is 2. The molecule has 17 heavy (non-hydrogen) atoms. The van der Waals surface area contributed by atoms with Crippen LogP contribution in [-0.4, -0.2) is 24.1 Å². The second kappa shape index (κ2) is 4.32. The number of allylic oxidation sites excluding steroid dienone is 1.